The van der Waals surface area contributed by atoms with Crippen molar-refractivity contribution in [3.8, 4) is 0 Å². The van der Waals surface area contributed by atoms with Gasteiger partial charge in [0.05, 0.1) is 4.90 Å². The summed E-state index contributed by atoms with van der Waals surface area (Å²) >= 11 is 0. The van der Waals surface area contributed by atoms with Crippen molar-refractivity contribution in [1.82, 2.24) is 4.31 Å². The predicted octanol–water partition coefficient (Wildman–Crippen LogP) is 1.56. The summed E-state index contributed by atoms with van der Waals surface area (Å²) in [5.41, 5.74) is 5.76. The van der Waals surface area contributed by atoms with Crippen molar-refractivity contribution < 1.29 is 8.42 Å². The Balaban J connectivity index is 3.32. The average molecular weight is 256 g/mol. The molecular weight excluding hydrogens is 236 g/mol. The van der Waals surface area contributed by atoms with E-state index in [0.29, 0.717) is 10.5 Å². The number of hydrogen-bond acceptors (Lipinski definition) is 3. The van der Waals surface area contributed by atoms with Crippen LogP contribution in [0.3, 0.4) is 0 Å². The Morgan fingerprint density at radius 1 is 1.24 bits per heavy atom. The SMILES string of the molecule is CN(C(C)(C)C)S(=O)(=O)c1ccccc1CN. The van der Waals surface area contributed by atoms with Crippen LogP contribution in [0.25, 0.3) is 0 Å². The fourth-order valence-electron chi connectivity index (χ4n) is 1.43. The molecule has 0 aliphatic carbocycles. The molecule has 0 bridgehead atoms. The lowest BCUT2D eigenvalue weighted by Crippen LogP contribution is -2.42. The van der Waals surface area contributed by atoms with Crippen LogP contribution in [0.5, 0.6) is 0 Å². The van der Waals surface area contributed by atoms with Crippen molar-refractivity contribution in [3.05, 3.63) is 29.8 Å². The second-order valence-corrected chi connectivity index (χ2v) is 6.89. The molecule has 4 nitrogen and oxygen atoms in total. The summed E-state index contributed by atoms with van der Waals surface area (Å²) in [7, 11) is -1.90. The Kier molecular flexibility index (Phi) is 3.96. The van der Waals surface area contributed by atoms with E-state index in [0.717, 1.165) is 0 Å². The lowest BCUT2D eigenvalue weighted by molar-refractivity contribution is 0.291. The first-order valence-electron chi connectivity index (χ1n) is 5.48. The topological polar surface area (TPSA) is 63.4 Å². The third-order valence-electron chi connectivity index (χ3n) is 2.78. The minimum atomic E-state index is -3.49. The van der Waals surface area contributed by atoms with Crippen LogP contribution >= 0.6 is 0 Å². The standard InChI is InChI=1S/C12H20N2O2S/c1-12(2,3)14(4)17(15,16)11-8-6-5-7-10(11)9-13/h5-8H,9,13H2,1-4H3. The lowest BCUT2D eigenvalue weighted by atomic mass is 10.1. The minimum Gasteiger partial charge on any atom is -0.326 e. The van der Waals surface area contributed by atoms with E-state index >= 15 is 0 Å². The largest absolute Gasteiger partial charge is 0.326 e. The summed E-state index contributed by atoms with van der Waals surface area (Å²) in [6.45, 7) is 5.79. The predicted molar refractivity (Wildman–Crippen MR) is 69.0 cm³/mol. The summed E-state index contributed by atoms with van der Waals surface area (Å²) in [6.07, 6.45) is 0. The molecule has 96 valence electrons. The molecule has 1 aromatic carbocycles. The highest BCUT2D eigenvalue weighted by Gasteiger charge is 2.31. The number of nitrogens with zero attached hydrogens (tertiary/aromatic N) is 1. The molecule has 0 aromatic heterocycles. The normalized spacial score (nSPS) is 13.1. The molecule has 0 aliphatic rings. The Bertz CT molecular complexity index is 489. The maximum absolute atomic E-state index is 12.4. The van der Waals surface area contributed by atoms with Gasteiger partial charge in [-0.05, 0) is 32.4 Å². The number of rotatable bonds is 3. The van der Waals surface area contributed by atoms with Gasteiger partial charge in [-0.2, -0.15) is 4.31 Å². The van der Waals surface area contributed by atoms with Gasteiger partial charge in [-0.15, -0.1) is 0 Å². The molecule has 0 heterocycles. The van der Waals surface area contributed by atoms with E-state index in [9.17, 15) is 8.42 Å². The van der Waals surface area contributed by atoms with Crippen molar-refractivity contribution in [2.45, 2.75) is 37.8 Å². The Hall–Kier alpha value is -0.910. The summed E-state index contributed by atoms with van der Waals surface area (Å²) < 4.78 is 26.2. The van der Waals surface area contributed by atoms with Gasteiger partial charge in [0.1, 0.15) is 0 Å². The van der Waals surface area contributed by atoms with Crippen molar-refractivity contribution in [1.29, 1.82) is 0 Å². The summed E-state index contributed by atoms with van der Waals surface area (Å²) in [5.74, 6) is 0. The zero-order valence-electron chi connectivity index (χ0n) is 10.8. The van der Waals surface area contributed by atoms with Gasteiger partial charge in [-0.1, -0.05) is 18.2 Å². The van der Waals surface area contributed by atoms with Crippen LogP contribution in [0.15, 0.2) is 29.2 Å². The number of hydrogen-bond donors (Lipinski definition) is 1. The monoisotopic (exact) mass is 256 g/mol. The fourth-order valence-corrected chi connectivity index (χ4v) is 3.18. The van der Waals surface area contributed by atoms with Gasteiger partial charge in [0.2, 0.25) is 10.0 Å². The van der Waals surface area contributed by atoms with Crippen LogP contribution in [-0.2, 0) is 16.6 Å². The van der Waals surface area contributed by atoms with Crippen molar-refractivity contribution in [2.24, 2.45) is 5.73 Å². The van der Waals surface area contributed by atoms with Crippen molar-refractivity contribution in [2.75, 3.05) is 7.05 Å². The number of benzene rings is 1. The molecule has 0 amide bonds. The highest BCUT2D eigenvalue weighted by molar-refractivity contribution is 7.89. The molecule has 0 atom stereocenters. The second kappa shape index (κ2) is 4.76. The van der Waals surface area contributed by atoms with Crippen LogP contribution in [0.1, 0.15) is 26.3 Å². The first-order chi connectivity index (χ1) is 7.71. The quantitative estimate of drug-likeness (QED) is 0.892. The summed E-state index contributed by atoms with van der Waals surface area (Å²) in [6, 6.07) is 6.84. The Labute approximate surface area is 103 Å². The fraction of sp³-hybridized carbons (Fsp3) is 0.500. The van der Waals surface area contributed by atoms with E-state index in [-0.39, 0.29) is 6.54 Å². The summed E-state index contributed by atoms with van der Waals surface area (Å²) in [4.78, 5) is 0.292. The van der Waals surface area contributed by atoms with Gasteiger partial charge in [-0.3, -0.25) is 0 Å². The molecule has 2 N–H and O–H groups in total. The van der Waals surface area contributed by atoms with E-state index in [4.69, 9.17) is 5.73 Å². The van der Waals surface area contributed by atoms with Crippen molar-refractivity contribution in [3.63, 3.8) is 0 Å². The van der Waals surface area contributed by atoms with E-state index in [2.05, 4.69) is 0 Å². The molecular formula is C12H20N2O2S. The van der Waals surface area contributed by atoms with Gasteiger partial charge in [-0.25, -0.2) is 8.42 Å². The maximum atomic E-state index is 12.4. The van der Waals surface area contributed by atoms with Crippen molar-refractivity contribution >= 4 is 10.0 Å². The number of nitrogens with two attached hydrogens (primary N) is 1. The van der Waals surface area contributed by atoms with E-state index < -0.39 is 15.6 Å². The zero-order valence-corrected chi connectivity index (χ0v) is 11.6. The van der Waals surface area contributed by atoms with Gasteiger partial charge < -0.3 is 5.73 Å². The molecule has 17 heavy (non-hydrogen) atoms. The molecule has 1 rings (SSSR count). The molecule has 0 unspecified atom stereocenters. The first kappa shape index (κ1) is 14.2. The van der Waals surface area contributed by atoms with Crippen LogP contribution < -0.4 is 5.73 Å². The van der Waals surface area contributed by atoms with Gasteiger partial charge >= 0.3 is 0 Å². The summed E-state index contributed by atoms with van der Waals surface area (Å²) in [5, 5.41) is 0. The zero-order chi connectivity index (χ0) is 13.3. The minimum absolute atomic E-state index is 0.216. The molecule has 0 radical (unpaired) electrons. The molecule has 0 spiro atoms. The molecule has 5 heteroatoms. The van der Waals surface area contributed by atoms with E-state index in [1.54, 1.807) is 31.3 Å². The second-order valence-electron chi connectivity index (χ2n) is 4.96. The Morgan fingerprint density at radius 2 is 1.76 bits per heavy atom. The van der Waals surface area contributed by atoms with Crippen LogP contribution in [0.2, 0.25) is 0 Å². The lowest BCUT2D eigenvalue weighted by Gasteiger charge is -2.31. The van der Waals surface area contributed by atoms with Crippen LogP contribution in [0.4, 0.5) is 0 Å². The molecule has 0 aliphatic heterocycles. The molecule has 0 fully saturated rings. The highest BCUT2D eigenvalue weighted by Crippen LogP contribution is 2.24. The highest BCUT2D eigenvalue weighted by atomic mass is 32.2. The third kappa shape index (κ3) is 2.86. The maximum Gasteiger partial charge on any atom is 0.243 e. The van der Waals surface area contributed by atoms with Crippen LogP contribution in [0, 0.1) is 0 Å². The van der Waals surface area contributed by atoms with E-state index in [1.807, 2.05) is 20.8 Å². The molecule has 0 saturated carbocycles. The Morgan fingerprint density at radius 3 is 2.24 bits per heavy atom. The van der Waals surface area contributed by atoms with Gasteiger partial charge in [0.15, 0.2) is 0 Å². The smallest absolute Gasteiger partial charge is 0.243 e. The van der Waals surface area contributed by atoms with Crippen LogP contribution in [-0.4, -0.2) is 25.3 Å². The van der Waals surface area contributed by atoms with E-state index in [1.165, 1.54) is 4.31 Å². The first-order valence-corrected chi connectivity index (χ1v) is 6.92. The average Bonchev–Trinajstić information content (AvgIpc) is 2.26. The third-order valence-corrected chi connectivity index (χ3v) is 5.00. The van der Waals surface area contributed by atoms with Gasteiger partial charge in [0, 0.05) is 19.1 Å². The molecule has 0 saturated heterocycles. The van der Waals surface area contributed by atoms with Gasteiger partial charge in [0.25, 0.3) is 0 Å². The number of sulfonamides is 1. The molecule has 1 aromatic rings.